The Morgan fingerprint density at radius 3 is 2.67 bits per heavy atom. The molecule has 3 N–H and O–H groups in total. The summed E-state index contributed by atoms with van der Waals surface area (Å²) in [6, 6.07) is 0.109. The Morgan fingerprint density at radius 2 is 2.06 bits per heavy atom. The van der Waals surface area contributed by atoms with E-state index in [1.807, 2.05) is 0 Å². The van der Waals surface area contributed by atoms with E-state index in [-0.39, 0.29) is 28.8 Å². The minimum Gasteiger partial charge on any atom is -0.477 e. The zero-order chi connectivity index (χ0) is 13.1. The van der Waals surface area contributed by atoms with Crippen LogP contribution in [0.3, 0.4) is 0 Å². The quantitative estimate of drug-likeness (QED) is 0.722. The summed E-state index contributed by atoms with van der Waals surface area (Å²) in [6.07, 6.45) is 3.91. The van der Waals surface area contributed by atoms with E-state index in [1.54, 1.807) is 0 Å². The van der Waals surface area contributed by atoms with Crippen LogP contribution in [0.4, 0.5) is 5.82 Å². The number of nitrogens with zero attached hydrogens (tertiary/aromatic N) is 2. The van der Waals surface area contributed by atoms with Crippen LogP contribution in [0.15, 0.2) is 6.20 Å². The van der Waals surface area contributed by atoms with Crippen molar-refractivity contribution < 1.29 is 15.0 Å². The first-order valence-corrected chi connectivity index (χ1v) is 6.14. The number of aliphatic hydroxyl groups is 1. The monoisotopic (exact) mass is 271 g/mol. The fraction of sp³-hybridized carbons (Fsp3) is 0.545. The Labute approximate surface area is 109 Å². The topological polar surface area (TPSA) is 95.3 Å². The number of hydrogen-bond donors (Lipinski definition) is 3. The Balaban J connectivity index is 2.12. The zero-order valence-electron chi connectivity index (χ0n) is 9.64. The molecule has 6 nitrogen and oxygen atoms in total. The summed E-state index contributed by atoms with van der Waals surface area (Å²) in [6.45, 7) is 0. The third-order valence-electron chi connectivity index (χ3n) is 3.03. The highest BCUT2D eigenvalue weighted by molar-refractivity contribution is 6.28. The van der Waals surface area contributed by atoms with Crippen molar-refractivity contribution in [2.24, 2.45) is 0 Å². The standard InChI is InChI=1S/C11H14ClN3O3/c12-11-13-5-8(10(17)18)9(15-11)14-6-1-3-7(16)4-2-6/h5-7,16H,1-4H2,(H,17,18)(H,13,14,15). The van der Waals surface area contributed by atoms with Crippen molar-refractivity contribution in [1.82, 2.24) is 9.97 Å². The van der Waals surface area contributed by atoms with Gasteiger partial charge in [-0.2, -0.15) is 4.98 Å². The van der Waals surface area contributed by atoms with Crippen molar-refractivity contribution in [3.63, 3.8) is 0 Å². The van der Waals surface area contributed by atoms with E-state index < -0.39 is 5.97 Å². The largest absolute Gasteiger partial charge is 0.477 e. The van der Waals surface area contributed by atoms with Gasteiger partial charge in [0.25, 0.3) is 0 Å². The molecule has 1 aromatic rings. The number of rotatable bonds is 3. The number of nitrogens with one attached hydrogen (secondary N) is 1. The molecule has 0 atom stereocenters. The lowest BCUT2D eigenvalue weighted by atomic mass is 9.93. The number of hydrogen-bond acceptors (Lipinski definition) is 5. The van der Waals surface area contributed by atoms with Crippen molar-refractivity contribution in [3.8, 4) is 0 Å². The van der Waals surface area contributed by atoms with Crippen LogP contribution < -0.4 is 5.32 Å². The summed E-state index contributed by atoms with van der Waals surface area (Å²) in [5.74, 6) is -0.853. The van der Waals surface area contributed by atoms with Gasteiger partial charge < -0.3 is 15.5 Å². The highest BCUT2D eigenvalue weighted by atomic mass is 35.5. The fourth-order valence-electron chi connectivity index (χ4n) is 2.04. The third-order valence-corrected chi connectivity index (χ3v) is 3.21. The van der Waals surface area contributed by atoms with Crippen LogP contribution in [0.5, 0.6) is 0 Å². The number of carboxylic acid groups (broad SMARTS) is 1. The second-order valence-corrected chi connectivity index (χ2v) is 4.69. The van der Waals surface area contributed by atoms with Gasteiger partial charge in [0.1, 0.15) is 11.4 Å². The van der Waals surface area contributed by atoms with Crippen LogP contribution in [0.2, 0.25) is 5.28 Å². The average Bonchev–Trinajstić information content (AvgIpc) is 2.32. The minimum absolute atomic E-state index is 0.00511. The van der Waals surface area contributed by atoms with Crippen LogP contribution >= 0.6 is 11.6 Å². The molecule has 0 bridgehead atoms. The van der Waals surface area contributed by atoms with E-state index in [9.17, 15) is 9.90 Å². The summed E-state index contributed by atoms with van der Waals surface area (Å²) in [5, 5.41) is 21.5. The van der Waals surface area contributed by atoms with E-state index >= 15 is 0 Å². The lowest BCUT2D eigenvalue weighted by Crippen LogP contribution is -2.29. The predicted octanol–water partition coefficient (Wildman–Crippen LogP) is 1.54. The van der Waals surface area contributed by atoms with Crippen LogP contribution in [-0.2, 0) is 0 Å². The molecule has 2 rings (SSSR count). The van der Waals surface area contributed by atoms with Gasteiger partial charge in [0.05, 0.1) is 6.10 Å². The van der Waals surface area contributed by atoms with Crippen LogP contribution in [-0.4, -0.2) is 38.3 Å². The molecule has 1 saturated carbocycles. The van der Waals surface area contributed by atoms with E-state index in [2.05, 4.69) is 15.3 Å². The first-order chi connectivity index (χ1) is 8.56. The predicted molar refractivity (Wildman–Crippen MR) is 65.9 cm³/mol. The van der Waals surface area contributed by atoms with Crippen molar-refractivity contribution in [2.45, 2.75) is 37.8 Å². The van der Waals surface area contributed by atoms with Crippen LogP contribution in [0, 0.1) is 0 Å². The van der Waals surface area contributed by atoms with Crippen molar-refractivity contribution in [2.75, 3.05) is 5.32 Å². The van der Waals surface area contributed by atoms with Gasteiger partial charge in [0.15, 0.2) is 0 Å². The third kappa shape index (κ3) is 3.08. The number of aromatic nitrogens is 2. The molecule has 1 aliphatic carbocycles. The van der Waals surface area contributed by atoms with Gasteiger partial charge in [-0.1, -0.05) is 0 Å². The first kappa shape index (κ1) is 13.0. The average molecular weight is 272 g/mol. The van der Waals surface area contributed by atoms with Gasteiger partial charge in [0, 0.05) is 12.2 Å². The van der Waals surface area contributed by atoms with Crippen molar-refractivity contribution in [1.29, 1.82) is 0 Å². The van der Waals surface area contributed by atoms with Gasteiger partial charge in [-0.3, -0.25) is 0 Å². The molecule has 0 spiro atoms. The van der Waals surface area contributed by atoms with E-state index in [4.69, 9.17) is 16.7 Å². The maximum atomic E-state index is 11.0. The molecule has 98 valence electrons. The summed E-state index contributed by atoms with van der Waals surface area (Å²) in [4.78, 5) is 18.6. The fourth-order valence-corrected chi connectivity index (χ4v) is 2.17. The molecule has 18 heavy (non-hydrogen) atoms. The summed E-state index contributed by atoms with van der Waals surface area (Å²) >= 11 is 5.67. The van der Waals surface area contributed by atoms with Crippen molar-refractivity contribution in [3.05, 3.63) is 17.0 Å². The second-order valence-electron chi connectivity index (χ2n) is 4.36. The molecule has 0 unspecified atom stereocenters. The van der Waals surface area contributed by atoms with E-state index in [0.717, 1.165) is 12.8 Å². The SMILES string of the molecule is O=C(O)c1cnc(Cl)nc1NC1CCC(O)CC1. The molecular weight excluding hydrogens is 258 g/mol. The van der Waals surface area contributed by atoms with Gasteiger partial charge >= 0.3 is 5.97 Å². The summed E-state index contributed by atoms with van der Waals surface area (Å²) in [7, 11) is 0. The molecule has 0 aromatic carbocycles. The molecule has 1 heterocycles. The highest BCUT2D eigenvalue weighted by Gasteiger charge is 2.22. The van der Waals surface area contributed by atoms with Gasteiger partial charge in [0.2, 0.25) is 5.28 Å². The molecule has 0 amide bonds. The van der Waals surface area contributed by atoms with Gasteiger partial charge in [-0.15, -0.1) is 0 Å². The lowest BCUT2D eigenvalue weighted by molar-refractivity contribution is 0.0696. The highest BCUT2D eigenvalue weighted by Crippen LogP contribution is 2.23. The number of anilines is 1. The minimum atomic E-state index is -1.09. The molecule has 1 aromatic heterocycles. The summed E-state index contributed by atoms with van der Waals surface area (Å²) < 4.78 is 0. The Kier molecular flexibility index (Phi) is 3.98. The van der Waals surface area contributed by atoms with Crippen molar-refractivity contribution >= 4 is 23.4 Å². The zero-order valence-corrected chi connectivity index (χ0v) is 10.4. The Bertz CT molecular complexity index is 447. The normalized spacial score (nSPS) is 23.7. The molecule has 0 aliphatic heterocycles. The Hall–Kier alpha value is -1.40. The van der Waals surface area contributed by atoms with E-state index in [0.29, 0.717) is 12.8 Å². The smallest absolute Gasteiger partial charge is 0.341 e. The molecule has 1 aliphatic rings. The number of aliphatic hydroxyl groups excluding tert-OH is 1. The maximum Gasteiger partial charge on any atom is 0.341 e. The Morgan fingerprint density at radius 1 is 1.39 bits per heavy atom. The van der Waals surface area contributed by atoms with Gasteiger partial charge in [-0.05, 0) is 37.3 Å². The molecular formula is C11H14ClN3O3. The summed E-state index contributed by atoms with van der Waals surface area (Å²) in [5.41, 5.74) is 0.00511. The maximum absolute atomic E-state index is 11.0. The molecule has 1 fully saturated rings. The van der Waals surface area contributed by atoms with Gasteiger partial charge in [-0.25, -0.2) is 9.78 Å². The van der Waals surface area contributed by atoms with E-state index in [1.165, 1.54) is 6.20 Å². The molecule has 0 saturated heterocycles. The number of carboxylic acids is 1. The molecule has 0 radical (unpaired) electrons. The number of aromatic carboxylic acids is 1. The first-order valence-electron chi connectivity index (χ1n) is 5.76. The van der Waals surface area contributed by atoms with Crippen LogP contribution in [0.1, 0.15) is 36.0 Å². The number of halogens is 1. The second kappa shape index (κ2) is 5.49. The lowest BCUT2D eigenvalue weighted by Gasteiger charge is -2.26. The van der Waals surface area contributed by atoms with Crippen LogP contribution in [0.25, 0.3) is 0 Å². The number of carbonyl (C=O) groups is 1. The molecule has 7 heteroatoms.